The average molecular weight is 399 g/mol. The Morgan fingerprint density at radius 1 is 1.12 bits per heavy atom. The molecule has 0 bridgehead atoms. The molecule has 0 aliphatic carbocycles. The minimum absolute atomic E-state index is 0.0584. The van der Waals surface area contributed by atoms with Crippen LogP contribution in [-0.4, -0.2) is 26.7 Å². The highest BCUT2D eigenvalue weighted by atomic mass is 79.9. The number of amides is 1. The summed E-state index contributed by atoms with van der Waals surface area (Å²) in [6.45, 7) is 2.65. The molecule has 1 heterocycles. The number of hydrogen-bond acceptors (Lipinski definition) is 3. The number of halogens is 1. The van der Waals surface area contributed by atoms with Crippen molar-refractivity contribution in [1.82, 2.24) is 20.1 Å². The fourth-order valence-corrected chi connectivity index (χ4v) is 2.86. The van der Waals surface area contributed by atoms with Crippen LogP contribution in [0.5, 0.6) is 0 Å². The van der Waals surface area contributed by atoms with Crippen LogP contribution in [0.25, 0.3) is 0 Å². The molecule has 25 heavy (non-hydrogen) atoms. The molecule has 0 spiro atoms. The predicted molar refractivity (Wildman–Crippen MR) is 100 cm³/mol. The van der Waals surface area contributed by atoms with Crippen molar-refractivity contribution in [3.63, 3.8) is 0 Å². The van der Waals surface area contributed by atoms with Crippen LogP contribution in [-0.2, 0) is 13.0 Å². The van der Waals surface area contributed by atoms with Crippen LogP contribution in [0.3, 0.4) is 0 Å². The summed E-state index contributed by atoms with van der Waals surface area (Å²) in [5.74, 6) is -0.0584. The summed E-state index contributed by atoms with van der Waals surface area (Å²) in [7, 11) is 0. The van der Waals surface area contributed by atoms with E-state index >= 15 is 0 Å². The van der Waals surface area contributed by atoms with E-state index in [2.05, 4.69) is 43.5 Å². The van der Waals surface area contributed by atoms with Crippen molar-refractivity contribution in [2.24, 2.45) is 0 Å². The van der Waals surface area contributed by atoms with Gasteiger partial charge in [-0.1, -0.05) is 40.2 Å². The summed E-state index contributed by atoms with van der Waals surface area (Å²) in [6.07, 6.45) is 3.97. The molecule has 1 aromatic heterocycles. The lowest BCUT2D eigenvalue weighted by Crippen LogP contribution is -2.34. The number of rotatable bonds is 6. The molecule has 6 heteroatoms. The van der Waals surface area contributed by atoms with Gasteiger partial charge in [0.15, 0.2) is 0 Å². The van der Waals surface area contributed by atoms with E-state index in [0.29, 0.717) is 12.1 Å². The molecule has 5 nitrogen and oxygen atoms in total. The van der Waals surface area contributed by atoms with Crippen LogP contribution >= 0.6 is 15.9 Å². The van der Waals surface area contributed by atoms with Gasteiger partial charge in [-0.15, -0.1) is 0 Å². The summed E-state index contributed by atoms with van der Waals surface area (Å²) in [5, 5.41) is 7.12. The molecular weight excluding hydrogens is 380 g/mol. The number of carbonyl (C=O) groups is 1. The van der Waals surface area contributed by atoms with Crippen molar-refractivity contribution in [3.05, 3.63) is 82.3 Å². The smallest absolute Gasteiger partial charge is 0.251 e. The zero-order valence-corrected chi connectivity index (χ0v) is 15.5. The standard InChI is InChI=1S/C19H19BrN4O/c1-14(10-15-4-8-18(20)9-5-15)23-19(25)17-6-2-16(3-7-17)11-24-13-21-12-22-24/h2-9,12-14H,10-11H2,1H3,(H,23,25). The maximum absolute atomic E-state index is 12.4. The van der Waals surface area contributed by atoms with Gasteiger partial charge in [0.2, 0.25) is 0 Å². The summed E-state index contributed by atoms with van der Waals surface area (Å²) >= 11 is 3.43. The van der Waals surface area contributed by atoms with Crippen LogP contribution in [0, 0.1) is 0 Å². The second-order valence-electron chi connectivity index (χ2n) is 6.00. The zero-order valence-electron chi connectivity index (χ0n) is 13.9. The fourth-order valence-electron chi connectivity index (χ4n) is 2.60. The van der Waals surface area contributed by atoms with Gasteiger partial charge in [0.25, 0.3) is 5.91 Å². The molecule has 0 fully saturated rings. The van der Waals surface area contributed by atoms with Crippen molar-refractivity contribution in [1.29, 1.82) is 0 Å². The Morgan fingerprint density at radius 2 is 1.80 bits per heavy atom. The normalized spacial score (nSPS) is 11.9. The van der Waals surface area contributed by atoms with Crippen LogP contribution in [0.2, 0.25) is 0 Å². The van der Waals surface area contributed by atoms with Gasteiger partial charge < -0.3 is 5.32 Å². The van der Waals surface area contributed by atoms with Crippen molar-refractivity contribution in [3.8, 4) is 0 Å². The summed E-state index contributed by atoms with van der Waals surface area (Å²) in [6, 6.07) is 15.8. The Bertz CT molecular complexity index is 814. The van der Waals surface area contributed by atoms with E-state index in [-0.39, 0.29) is 11.9 Å². The maximum Gasteiger partial charge on any atom is 0.251 e. The first-order chi connectivity index (χ1) is 12.1. The molecule has 3 aromatic rings. The van der Waals surface area contributed by atoms with E-state index in [1.54, 1.807) is 11.0 Å². The molecule has 0 saturated heterocycles. The molecular formula is C19H19BrN4O. The van der Waals surface area contributed by atoms with E-state index in [1.807, 2.05) is 43.3 Å². The first kappa shape index (κ1) is 17.4. The molecule has 1 unspecified atom stereocenters. The molecule has 1 amide bonds. The molecule has 1 atom stereocenters. The first-order valence-electron chi connectivity index (χ1n) is 8.07. The van der Waals surface area contributed by atoms with Crippen molar-refractivity contribution >= 4 is 21.8 Å². The van der Waals surface area contributed by atoms with E-state index in [0.717, 1.165) is 16.5 Å². The Morgan fingerprint density at radius 3 is 2.44 bits per heavy atom. The minimum Gasteiger partial charge on any atom is -0.349 e. The molecule has 0 aliphatic heterocycles. The van der Waals surface area contributed by atoms with Gasteiger partial charge in [0, 0.05) is 16.1 Å². The van der Waals surface area contributed by atoms with Crippen molar-refractivity contribution in [2.45, 2.75) is 25.9 Å². The molecule has 0 saturated carbocycles. The van der Waals surface area contributed by atoms with Gasteiger partial charge in [-0.25, -0.2) is 9.67 Å². The highest BCUT2D eigenvalue weighted by molar-refractivity contribution is 9.10. The number of hydrogen-bond donors (Lipinski definition) is 1. The van der Waals surface area contributed by atoms with E-state index in [4.69, 9.17) is 0 Å². The Balaban J connectivity index is 1.56. The fraction of sp³-hybridized carbons (Fsp3) is 0.211. The SMILES string of the molecule is CC(Cc1ccc(Br)cc1)NC(=O)c1ccc(Cn2cncn2)cc1. The third kappa shape index (κ3) is 5.00. The van der Waals surface area contributed by atoms with Crippen LogP contribution < -0.4 is 5.32 Å². The third-order valence-corrected chi connectivity index (χ3v) is 4.39. The van der Waals surface area contributed by atoms with Gasteiger partial charge in [0.1, 0.15) is 12.7 Å². The van der Waals surface area contributed by atoms with Gasteiger partial charge in [-0.2, -0.15) is 5.10 Å². The lowest BCUT2D eigenvalue weighted by Gasteiger charge is -2.14. The molecule has 0 radical (unpaired) electrons. The first-order valence-corrected chi connectivity index (χ1v) is 8.86. The van der Waals surface area contributed by atoms with Crippen LogP contribution in [0.4, 0.5) is 0 Å². The Kier molecular flexibility index (Phi) is 5.60. The van der Waals surface area contributed by atoms with Crippen LogP contribution in [0.1, 0.15) is 28.4 Å². The quantitative estimate of drug-likeness (QED) is 0.691. The third-order valence-electron chi connectivity index (χ3n) is 3.86. The Labute approximate surface area is 155 Å². The number of nitrogens with one attached hydrogen (secondary N) is 1. The maximum atomic E-state index is 12.4. The second kappa shape index (κ2) is 8.07. The number of nitrogens with zero attached hydrogens (tertiary/aromatic N) is 3. The molecule has 2 aromatic carbocycles. The predicted octanol–water partition coefficient (Wildman–Crippen LogP) is 3.45. The topological polar surface area (TPSA) is 59.8 Å². The molecule has 128 valence electrons. The Hall–Kier alpha value is -2.47. The minimum atomic E-state index is -0.0584. The van der Waals surface area contributed by atoms with Gasteiger partial charge in [-0.3, -0.25) is 4.79 Å². The molecule has 3 rings (SSSR count). The van der Waals surface area contributed by atoms with Gasteiger partial charge in [-0.05, 0) is 48.7 Å². The van der Waals surface area contributed by atoms with Crippen LogP contribution in [0.15, 0.2) is 65.7 Å². The zero-order chi connectivity index (χ0) is 17.6. The molecule has 0 aliphatic rings. The highest BCUT2D eigenvalue weighted by Gasteiger charge is 2.10. The van der Waals surface area contributed by atoms with Gasteiger partial charge >= 0.3 is 0 Å². The number of carbonyl (C=O) groups excluding carboxylic acids is 1. The lowest BCUT2D eigenvalue weighted by atomic mass is 10.1. The summed E-state index contributed by atoms with van der Waals surface area (Å²) in [4.78, 5) is 16.3. The molecule has 1 N–H and O–H groups in total. The van der Waals surface area contributed by atoms with Crippen molar-refractivity contribution < 1.29 is 4.79 Å². The monoisotopic (exact) mass is 398 g/mol. The van der Waals surface area contributed by atoms with E-state index < -0.39 is 0 Å². The summed E-state index contributed by atoms with van der Waals surface area (Å²) < 4.78 is 2.80. The van der Waals surface area contributed by atoms with Crippen molar-refractivity contribution in [2.75, 3.05) is 0 Å². The summed E-state index contributed by atoms with van der Waals surface area (Å²) in [5.41, 5.74) is 2.93. The van der Waals surface area contributed by atoms with E-state index in [1.165, 1.54) is 11.9 Å². The number of aromatic nitrogens is 3. The van der Waals surface area contributed by atoms with Gasteiger partial charge in [0.05, 0.1) is 6.54 Å². The largest absolute Gasteiger partial charge is 0.349 e. The highest BCUT2D eigenvalue weighted by Crippen LogP contribution is 2.12. The lowest BCUT2D eigenvalue weighted by molar-refractivity contribution is 0.0940. The average Bonchev–Trinajstić information content (AvgIpc) is 3.10. The second-order valence-corrected chi connectivity index (χ2v) is 6.91. The van der Waals surface area contributed by atoms with E-state index in [9.17, 15) is 4.79 Å². The number of benzene rings is 2.